The summed E-state index contributed by atoms with van der Waals surface area (Å²) < 4.78 is 25.5. The standard InChI is InChI=1S/C13H20N2O3S2/c1-2-3-10-20(17,18)15-9-8-14-13(16)11-6-4-5-7-12(11)19/h4-7,15,19H,2-3,8-10H2,1H3,(H,14,16). The molecule has 0 atom stereocenters. The average Bonchev–Trinajstić information content (AvgIpc) is 2.42. The third-order valence-corrected chi connectivity index (χ3v) is 4.51. The molecule has 0 aliphatic rings. The Hall–Kier alpha value is -1.05. The van der Waals surface area contributed by atoms with Crippen LogP contribution >= 0.6 is 12.6 Å². The zero-order chi connectivity index (χ0) is 15.0. The molecule has 0 radical (unpaired) electrons. The van der Waals surface area contributed by atoms with E-state index in [0.717, 1.165) is 6.42 Å². The molecule has 0 bridgehead atoms. The van der Waals surface area contributed by atoms with Crippen molar-refractivity contribution in [3.63, 3.8) is 0 Å². The predicted octanol–water partition coefficient (Wildman–Crippen LogP) is 1.42. The van der Waals surface area contributed by atoms with E-state index in [1.807, 2.05) is 6.92 Å². The largest absolute Gasteiger partial charge is 0.351 e. The molecular formula is C13H20N2O3S2. The Morgan fingerprint density at radius 1 is 1.25 bits per heavy atom. The van der Waals surface area contributed by atoms with Crippen LogP contribution in [-0.2, 0) is 10.0 Å². The van der Waals surface area contributed by atoms with Gasteiger partial charge in [0.05, 0.1) is 11.3 Å². The van der Waals surface area contributed by atoms with Gasteiger partial charge in [-0.25, -0.2) is 13.1 Å². The van der Waals surface area contributed by atoms with Crippen molar-refractivity contribution in [2.45, 2.75) is 24.7 Å². The highest BCUT2D eigenvalue weighted by Crippen LogP contribution is 2.12. The molecule has 2 N–H and O–H groups in total. The molecule has 0 unspecified atom stereocenters. The normalized spacial score (nSPS) is 11.3. The van der Waals surface area contributed by atoms with Crippen LogP contribution in [0.2, 0.25) is 0 Å². The zero-order valence-corrected chi connectivity index (χ0v) is 13.1. The summed E-state index contributed by atoms with van der Waals surface area (Å²) in [4.78, 5) is 12.4. The second-order valence-corrected chi connectivity index (χ2v) is 6.75. The summed E-state index contributed by atoms with van der Waals surface area (Å²) in [5.41, 5.74) is 0.477. The first-order valence-electron chi connectivity index (χ1n) is 6.50. The fourth-order valence-electron chi connectivity index (χ4n) is 1.55. The van der Waals surface area contributed by atoms with E-state index in [4.69, 9.17) is 0 Å². The first-order valence-corrected chi connectivity index (χ1v) is 8.59. The van der Waals surface area contributed by atoms with E-state index in [-0.39, 0.29) is 24.7 Å². The van der Waals surface area contributed by atoms with Crippen molar-refractivity contribution in [3.8, 4) is 0 Å². The molecule has 1 amide bonds. The van der Waals surface area contributed by atoms with E-state index in [2.05, 4.69) is 22.7 Å². The fourth-order valence-corrected chi connectivity index (χ4v) is 3.04. The fraction of sp³-hybridized carbons (Fsp3) is 0.462. The molecule has 1 aromatic carbocycles. The molecule has 5 nitrogen and oxygen atoms in total. The molecule has 20 heavy (non-hydrogen) atoms. The van der Waals surface area contributed by atoms with Crippen LogP contribution in [0.3, 0.4) is 0 Å². The number of amides is 1. The van der Waals surface area contributed by atoms with E-state index in [9.17, 15) is 13.2 Å². The van der Waals surface area contributed by atoms with Gasteiger partial charge in [-0.05, 0) is 18.6 Å². The van der Waals surface area contributed by atoms with Crippen molar-refractivity contribution in [2.24, 2.45) is 0 Å². The predicted molar refractivity (Wildman–Crippen MR) is 82.7 cm³/mol. The quantitative estimate of drug-likeness (QED) is 0.501. The minimum atomic E-state index is -3.23. The van der Waals surface area contributed by atoms with Gasteiger partial charge in [-0.3, -0.25) is 4.79 Å². The Morgan fingerprint density at radius 3 is 2.60 bits per heavy atom. The van der Waals surface area contributed by atoms with E-state index in [1.54, 1.807) is 24.3 Å². The van der Waals surface area contributed by atoms with Crippen LogP contribution in [0.1, 0.15) is 30.1 Å². The summed E-state index contributed by atoms with van der Waals surface area (Å²) in [5, 5.41) is 2.65. The van der Waals surface area contributed by atoms with Crippen molar-refractivity contribution in [1.82, 2.24) is 10.0 Å². The number of rotatable bonds is 8. The first-order chi connectivity index (χ1) is 9.46. The van der Waals surface area contributed by atoms with Crippen LogP contribution in [0.25, 0.3) is 0 Å². The lowest BCUT2D eigenvalue weighted by Crippen LogP contribution is -2.35. The lowest BCUT2D eigenvalue weighted by atomic mass is 10.2. The van der Waals surface area contributed by atoms with Crippen LogP contribution in [-0.4, -0.2) is 33.2 Å². The number of carbonyl (C=O) groups is 1. The number of nitrogens with one attached hydrogen (secondary N) is 2. The molecule has 1 rings (SSSR count). The molecule has 0 aliphatic heterocycles. The van der Waals surface area contributed by atoms with Gasteiger partial charge in [0.25, 0.3) is 5.91 Å². The molecule has 0 aliphatic carbocycles. The number of hydrogen-bond donors (Lipinski definition) is 3. The smallest absolute Gasteiger partial charge is 0.252 e. The van der Waals surface area contributed by atoms with Gasteiger partial charge in [0.1, 0.15) is 0 Å². The Kier molecular flexibility index (Phi) is 7.04. The molecule has 0 aromatic heterocycles. The number of sulfonamides is 1. The maximum Gasteiger partial charge on any atom is 0.252 e. The molecule has 112 valence electrons. The number of unbranched alkanes of at least 4 members (excludes halogenated alkanes) is 1. The Bertz CT molecular complexity index is 544. The van der Waals surface area contributed by atoms with Gasteiger partial charge in [-0.2, -0.15) is 0 Å². The summed E-state index contributed by atoms with van der Waals surface area (Å²) in [6, 6.07) is 6.94. The Balaban J connectivity index is 2.35. The van der Waals surface area contributed by atoms with Crippen molar-refractivity contribution in [3.05, 3.63) is 29.8 Å². The molecule has 0 saturated carbocycles. The Labute approximate surface area is 125 Å². The molecule has 1 aromatic rings. The van der Waals surface area contributed by atoms with Crippen molar-refractivity contribution in [2.75, 3.05) is 18.8 Å². The van der Waals surface area contributed by atoms with Crippen molar-refractivity contribution >= 4 is 28.6 Å². The van der Waals surface area contributed by atoms with Crippen molar-refractivity contribution < 1.29 is 13.2 Å². The summed E-state index contributed by atoms with van der Waals surface area (Å²) in [7, 11) is -3.23. The van der Waals surface area contributed by atoms with E-state index in [0.29, 0.717) is 16.9 Å². The van der Waals surface area contributed by atoms with E-state index in [1.165, 1.54) is 0 Å². The maximum absolute atomic E-state index is 11.8. The number of hydrogen-bond acceptors (Lipinski definition) is 4. The maximum atomic E-state index is 11.8. The minimum Gasteiger partial charge on any atom is -0.351 e. The van der Waals surface area contributed by atoms with Crippen LogP contribution in [0.15, 0.2) is 29.2 Å². The second-order valence-electron chi connectivity index (χ2n) is 4.34. The molecule has 7 heteroatoms. The molecule has 0 saturated heterocycles. The third kappa shape index (κ3) is 5.94. The van der Waals surface area contributed by atoms with Crippen LogP contribution < -0.4 is 10.0 Å². The van der Waals surface area contributed by atoms with E-state index < -0.39 is 10.0 Å². The van der Waals surface area contributed by atoms with Gasteiger partial charge >= 0.3 is 0 Å². The molecule has 0 fully saturated rings. The zero-order valence-electron chi connectivity index (χ0n) is 11.4. The minimum absolute atomic E-state index is 0.122. The first kappa shape index (κ1) is 17.0. The number of carbonyl (C=O) groups excluding carboxylic acids is 1. The highest BCUT2D eigenvalue weighted by Gasteiger charge is 2.10. The topological polar surface area (TPSA) is 75.3 Å². The number of benzene rings is 1. The van der Waals surface area contributed by atoms with Crippen LogP contribution in [0.5, 0.6) is 0 Å². The van der Waals surface area contributed by atoms with Gasteiger partial charge in [0.15, 0.2) is 0 Å². The van der Waals surface area contributed by atoms with Crippen LogP contribution in [0, 0.1) is 0 Å². The molecule has 0 spiro atoms. The summed E-state index contributed by atoms with van der Waals surface area (Å²) in [6.45, 7) is 2.36. The molecule has 0 heterocycles. The Morgan fingerprint density at radius 2 is 1.95 bits per heavy atom. The highest BCUT2D eigenvalue weighted by atomic mass is 32.2. The van der Waals surface area contributed by atoms with Gasteiger partial charge in [-0.1, -0.05) is 25.5 Å². The summed E-state index contributed by atoms with van der Waals surface area (Å²) in [6.07, 6.45) is 1.46. The van der Waals surface area contributed by atoms with Crippen LogP contribution in [0.4, 0.5) is 0 Å². The summed E-state index contributed by atoms with van der Waals surface area (Å²) >= 11 is 4.19. The lowest BCUT2D eigenvalue weighted by molar-refractivity contribution is 0.0951. The SMILES string of the molecule is CCCCS(=O)(=O)NCCNC(=O)c1ccccc1S. The number of thiol groups is 1. The second kappa shape index (κ2) is 8.28. The average molecular weight is 316 g/mol. The summed E-state index contributed by atoms with van der Waals surface area (Å²) in [5.74, 6) is -0.139. The van der Waals surface area contributed by atoms with Crippen molar-refractivity contribution in [1.29, 1.82) is 0 Å². The molecular weight excluding hydrogens is 296 g/mol. The highest BCUT2D eigenvalue weighted by molar-refractivity contribution is 7.89. The third-order valence-electron chi connectivity index (χ3n) is 2.65. The van der Waals surface area contributed by atoms with E-state index >= 15 is 0 Å². The van der Waals surface area contributed by atoms with Gasteiger partial charge in [0.2, 0.25) is 10.0 Å². The monoisotopic (exact) mass is 316 g/mol. The van der Waals surface area contributed by atoms with Gasteiger partial charge in [0, 0.05) is 18.0 Å². The van der Waals surface area contributed by atoms with Gasteiger partial charge < -0.3 is 5.32 Å². The van der Waals surface area contributed by atoms with Gasteiger partial charge in [-0.15, -0.1) is 12.6 Å². The lowest BCUT2D eigenvalue weighted by Gasteiger charge is -2.08.